The predicted octanol–water partition coefficient (Wildman–Crippen LogP) is 1.28. The molecule has 0 aromatic rings. The molecule has 1 heterocycles. The van der Waals surface area contributed by atoms with Crippen molar-refractivity contribution in [3.8, 4) is 0 Å². The molecule has 0 aromatic carbocycles. The van der Waals surface area contributed by atoms with Crippen molar-refractivity contribution in [3.05, 3.63) is 0 Å². The molecule has 3 fully saturated rings. The van der Waals surface area contributed by atoms with Crippen molar-refractivity contribution in [1.82, 2.24) is 4.90 Å². The van der Waals surface area contributed by atoms with Crippen molar-refractivity contribution in [2.75, 3.05) is 26.3 Å². The summed E-state index contributed by atoms with van der Waals surface area (Å²) in [6.07, 6.45) is 5.28. The van der Waals surface area contributed by atoms with Gasteiger partial charge in [-0.1, -0.05) is 12.8 Å². The summed E-state index contributed by atoms with van der Waals surface area (Å²) in [6.45, 7) is 3.09. The summed E-state index contributed by atoms with van der Waals surface area (Å²) in [5.41, 5.74) is 0. The van der Waals surface area contributed by atoms with Crippen LogP contribution in [0, 0.1) is 17.8 Å². The van der Waals surface area contributed by atoms with E-state index in [-0.39, 0.29) is 0 Å². The summed E-state index contributed by atoms with van der Waals surface area (Å²) < 4.78 is 5.27. The lowest BCUT2D eigenvalue weighted by atomic mass is 10.0. The number of ether oxygens (including phenoxy) is 1. The van der Waals surface area contributed by atoms with E-state index >= 15 is 0 Å². The van der Waals surface area contributed by atoms with E-state index in [1.165, 1.54) is 25.7 Å². The standard InChI is InChI=1S/C12H19NO2/c14-12(13-5-7-15-8-6-13)11-9-3-1-2-4-10(9)11/h9-11H,1-8H2. The quantitative estimate of drug-likeness (QED) is 0.651. The van der Waals surface area contributed by atoms with Crippen LogP contribution in [0.3, 0.4) is 0 Å². The van der Waals surface area contributed by atoms with E-state index in [0.29, 0.717) is 11.8 Å². The largest absolute Gasteiger partial charge is 0.378 e. The molecule has 3 nitrogen and oxygen atoms in total. The molecule has 2 aliphatic carbocycles. The normalized spacial score (nSPS) is 39.7. The molecule has 3 aliphatic rings. The molecule has 0 N–H and O–H groups in total. The molecule has 2 atom stereocenters. The van der Waals surface area contributed by atoms with Gasteiger partial charge in [0.25, 0.3) is 0 Å². The molecule has 2 unspecified atom stereocenters. The van der Waals surface area contributed by atoms with Crippen LogP contribution in [-0.2, 0) is 9.53 Å². The minimum Gasteiger partial charge on any atom is -0.378 e. The molecule has 1 saturated heterocycles. The monoisotopic (exact) mass is 209 g/mol. The van der Waals surface area contributed by atoms with E-state index in [9.17, 15) is 4.79 Å². The summed E-state index contributed by atoms with van der Waals surface area (Å²) in [7, 11) is 0. The van der Waals surface area contributed by atoms with E-state index in [2.05, 4.69) is 0 Å². The van der Waals surface area contributed by atoms with Crippen molar-refractivity contribution in [2.45, 2.75) is 25.7 Å². The maximum atomic E-state index is 12.2. The molecule has 1 amide bonds. The summed E-state index contributed by atoms with van der Waals surface area (Å²) >= 11 is 0. The number of nitrogens with zero attached hydrogens (tertiary/aromatic N) is 1. The third-order valence-corrected chi connectivity index (χ3v) is 4.26. The Morgan fingerprint density at radius 2 is 1.67 bits per heavy atom. The van der Waals surface area contributed by atoms with E-state index in [0.717, 1.165) is 38.1 Å². The maximum absolute atomic E-state index is 12.2. The highest BCUT2D eigenvalue weighted by Crippen LogP contribution is 2.56. The zero-order valence-electron chi connectivity index (χ0n) is 9.15. The van der Waals surface area contributed by atoms with Crippen molar-refractivity contribution in [1.29, 1.82) is 0 Å². The molecular formula is C12H19NO2. The molecule has 0 aromatic heterocycles. The highest BCUT2D eigenvalue weighted by atomic mass is 16.5. The molecule has 0 radical (unpaired) electrons. The van der Waals surface area contributed by atoms with Gasteiger partial charge in [0.15, 0.2) is 0 Å². The van der Waals surface area contributed by atoms with Crippen molar-refractivity contribution in [2.24, 2.45) is 17.8 Å². The van der Waals surface area contributed by atoms with Gasteiger partial charge >= 0.3 is 0 Å². The van der Waals surface area contributed by atoms with Crippen LogP contribution in [0.4, 0.5) is 0 Å². The third-order valence-electron chi connectivity index (χ3n) is 4.26. The molecule has 2 saturated carbocycles. The van der Waals surface area contributed by atoms with E-state index in [4.69, 9.17) is 4.74 Å². The number of rotatable bonds is 1. The van der Waals surface area contributed by atoms with Crippen LogP contribution in [0.2, 0.25) is 0 Å². The average molecular weight is 209 g/mol. The highest BCUT2D eigenvalue weighted by Gasteiger charge is 2.55. The Bertz CT molecular complexity index is 248. The van der Waals surface area contributed by atoms with Crippen molar-refractivity contribution in [3.63, 3.8) is 0 Å². The Labute approximate surface area is 90.8 Å². The van der Waals surface area contributed by atoms with E-state index in [1.807, 2.05) is 4.90 Å². The molecule has 3 heteroatoms. The van der Waals surface area contributed by atoms with Gasteiger partial charge < -0.3 is 9.64 Å². The van der Waals surface area contributed by atoms with Gasteiger partial charge in [-0.2, -0.15) is 0 Å². The van der Waals surface area contributed by atoms with Gasteiger partial charge in [0.05, 0.1) is 13.2 Å². The molecule has 84 valence electrons. The topological polar surface area (TPSA) is 29.5 Å². The zero-order valence-corrected chi connectivity index (χ0v) is 9.15. The number of fused-ring (bicyclic) bond motifs is 1. The Balaban J connectivity index is 1.60. The summed E-state index contributed by atoms with van der Waals surface area (Å²) in [5, 5.41) is 0. The zero-order chi connectivity index (χ0) is 10.3. The number of morpholine rings is 1. The van der Waals surface area contributed by atoms with Gasteiger partial charge in [0.1, 0.15) is 0 Å². The van der Waals surface area contributed by atoms with Crippen LogP contribution >= 0.6 is 0 Å². The second-order valence-electron chi connectivity index (χ2n) is 5.08. The van der Waals surface area contributed by atoms with Gasteiger partial charge in [-0.15, -0.1) is 0 Å². The molecular weight excluding hydrogens is 190 g/mol. The number of hydrogen-bond donors (Lipinski definition) is 0. The lowest BCUT2D eigenvalue weighted by molar-refractivity contribution is -0.137. The number of carbonyl (C=O) groups excluding carboxylic acids is 1. The highest BCUT2D eigenvalue weighted by molar-refractivity contribution is 5.82. The van der Waals surface area contributed by atoms with Crippen LogP contribution in [0.15, 0.2) is 0 Å². The second kappa shape index (κ2) is 3.78. The Morgan fingerprint density at radius 3 is 2.27 bits per heavy atom. The fraction of sp³-hybridized carbons (Fsp3) is 0.917. The fourth-order valence-electron chi connectivity index (χ4n) is 3.35. The minimum atomic E-state index is 0.394. The van der Waals surface area contributed by atoms with Crippen molar-refractivity contribution >= 4 is 5.91 Å². The number of amides is 1. The maximum Gasteiger partial charge on any atom is 0.226 e. The van der Waals surface area contributed by atoms with Crippen LogP contribution in [-0.4, -0.2) is 37.1 Å². The number of carbonyl (C=O) groups is 1. The minimum absolute atomic E-state index is 0.394. The summed E-state index contributed by atoms with van der Waals surface area (Å²) in [6, 6.07) is 0. The molecule has 1 aliphatic heterocycles. The van der Waals surface area contributed by atoms with Crippen LogP contribution in [0.1, 0.15) is 25.7 Å². The van der Waals surface area contributed by atoms with Crippen LogP contribution in [0.25, 0.3) is 0 Å². The van der Waals surface area contributed by atoms with Gasteiger partial charge in [-0.05, 0) is 24.7 Å². The number of hydrogen-bond acceptors (Lipinski definition) is 2. The van der Waals surface area contributed by atoms with E-state index in [1.54, 1.807) is 0 Å². The predicted molar refractivity (Wildman–Crippen MR) is 56.3 cm³/mol. The Morgan fingerprint density at radius 1 is 1.07 bits per heavy atom. The SMILES string of the molecule is O=C(C1C2CCCCC21)N1CCOCC1. The molecule has 0 spiro atoms. The first-order chi connectivity index (χ1) is 7.38. The third kappa shape index (κ3) is 1.67. The first kappa shape index (κ1) is 9.64. The van der Waals surface area contributed by atoms with Crippen LogP contribution in [0.5, 0.6) is 0 Å². The van der Waals surface area contributed by atoms with Gasteiger partial charge in [-0.3, -0.25) is 4.79 Å². The smallest absolute Gasteiger partial charge is 0.226 e. The van der Waals surface area contributed by atoms with Crippen molar-refractivity contribution < 1.29 is 9.53 Å². The first-order valence-corrected chi connectivity index (χ1v) is 6.24. The van der Waals surface area contributed by atoms with E-state index < -0.39 is 0 Å². The Hall–Kier alpha value is -0.570. The Kier molecular flexibility index (Phi) is 2.43. The summed E-state index contributed by atoms with van der Waals surface area (Å²) in [5.74, 6) is 2.31. The summed E-state index contributed by atoms with van der Waals surface area (Å²) in [4.78, 5) is 14.2. The average Bonchev–Trinajstić information content (AvgIpc) is 3.03. The lowest BCUT2D eigenvalue weighted by Gasteiger charge is -2.27. The molecule has 3 rings (SSSR count). The molecule has 0 bridgehead atoms. The second-order valence-corrected chi connectivity index (χ2v) is 5.08. The van der Waals surface area contributed by atoms with Gasteiger partial charge in [0, 0.05) is 19.0 Å². The van der Waals surface area contributed by atoms with Gasteiger partial charge in [0.2, 0.25) is 5.91 Å². The fourth-order valence-corrected chi connectivity index (χ4v) is 3.35. The van der Waals surface area contributed by atoms with Crippen LogP contribution < -0.4 is 0 Å². The van der Waals surface area contributed by atoms with Gasteiger partial charge in [-0.25, -0.2) is 0 Å². The first-order valence-electron chi connectivity index (χ1n) is 6.24. The lowest BCUT2D eigenvalue weighted by Crippen LogP contribution is -2.41. The molecule has 15 heavy (non-hydrogen) atoms.